The summed E-state index contributed by atoms with van der Waals surface area (Å²) < 4.78 is 66.0. The number of ether oxygens (including phenoxy) is 1. The molecular formula is C12H14F5NO. The van der Waals surface area contributed by atoms with Crippen LogP contribution in [0.3, 0.4) is 0 Å². The molecule has 0 fully saturated rings. The number of hydrogen-bond donors (Lipinski definition) is 1. The Kier molecular flexibility index (Phi) is 5.68. The molecule has 1 atom stereocenters. The molecule has 1 unspecified atom stereocenters. The normalized spacial score (nSPS) is 13.6. The van der Waals surface area contributed by atoms with Gasteiger partial charge in [0.1, 0.15) is 18.2 Å². The molecule has 0 saturated heterocycles. The minimum Gasteiger partial charge on any atom is -0.371 e. The van der Waals surface area contributed by atoms with Crippen LogP contribution in [0.5, 0.6) is 0 Å². The summed E-state index contributed by atoms with van der Waals surface area (Å²) in [7, 11) is 0. The number of nitrogens with one attached hydrogen (secondary N) is 1. The second kappa shape index (κ2) is 6.81. The first kappa shape index (κ1) is 15.8. The van der Waals surface area contributed by atoms with Gasteiger partial charge in [-0.2, -0.15) is 13.2 Å². The van der Waals surface area contributed by atoms with E-state index in [4.69, 9.17) is 0 Å². The van der Waals surface area contributed by atoms with Gasteiger partial charge in [-0.3, -0.25) is 0 Å². The molecule has 108 valence electrons. The van der Waals surface area contributed by atoms with E-state index in [1.54, 1.807) is 6.92 Å². The van der Waals surface area contributed by atoms with Crippen LogP contribution in [-0.2, 0) is 4.74 Å². The maximum Gasteiger partial charge on any atom is 0.411 e. The predicted molar refractivity (Wildman–Crippen MR) is 59.6 cm³/mol. The third kappa shape index (κ3) is 5.98. The average molecular weight is 283 g/mol. The number of alkyl halides is 3. The SMILES string of the molecule is CC(NCCOCC(F)(F)F)c1cc(F)ccc1F. The first-order valence-electron chi connectivity index (χ1n) is 5.62. The zero-order chi connectivity index (χ0) is 14.5. The first-order valence-corrected chi connectivity index (χ1v) is 5.62. The summed E-state index contributed by atoms with van der Waals surface area (Å²) in [6, 6.07) is 2.52. The highest BCUT2D eigenvalue weighted by Gasteiger charge is 2.27. The molecule has 19 heavy (non-hydrogen) atoms. The quantitative estimate of drug-likeness (QED) is 0.639. The summed E-state index contributed by atoms with van der Waals surface area (Å²) in [6.07, 6.45) is -4.36. The maximum absolute atomic E-state index is 13.4. The van der Waals surface area contributed by atoms with E-state index in [0.717, 1.165) is 18.2 Å². The van der Waals surface area contributed by atoms with E-state index >= 15 is 0 Å². The van der Waals surface area contributed by atoms with E-state index in [1.165, 1.54) is 0 Å². The fraction of sp³-hybridized carbons (Fsp3) is 0.500. The predicted octanol–water partition coefficient (Wildman–Crippen LogP) is 3.19. The standard InChI is InChI=1S/C12H14F5NO/c1-8(10-6-9(13)2-3-11(10)14)18-4-5-19-7-12(15,16)17/h2-3,6,8,18H,4-5,7H2,1H3. The molecule has 1 aromatic carbocycles. The van der Waals surface area contributed by atoms with Crippen LogP contribution < -0.4 is 5.32 Å². The summed E-state index contributed by atoms with van der Waals surface area (Å²) in [5.41, 5.74) is 0.121. The zero-order valence-electron chi connectivity index (χ0n) is 10.2. The molecule has 2 nitrogen and oxygen atoms in total. The molecule has 0 aromatic heterocycles. The Labute approximate surface area is 107 Å². The van der Waals surface area contributed by atoms with Crippen LogP contribution in [0, 0.1) is 11.6 Å². The molecule has 0 amide bonds. The monoisotopic (exact) mass is 283 g/mol. The Morgan fingerprint density at radius 2 is 1.95 bits per heavy atom. The van der Waals surface area contributed by atoms with Gasteiger partial charge in [0.2, 0.25) is 0 Å². The summed E-state index contributed by atoms with van der Waals surface area (Å²) in [5, 5.41) is 2.75. The van der Waals surface area contributed by atoms with Crippen LogP contribution in [0.2, 0.25) is 0 Å². The fourth-order valence-electron chi connectivity index (χ4n) is 1.49. The van der Waals surface area contributed by atoms with Gasteiger partial charge in [0, 0.05) is 18.2 Å². The van der Waals surface area contributed by atoms with Crippen LogP contribution >= 0.6 is 0 Å². The third-order valence-electron chi connectivity index (χ3n) is 2.39. The van der Waals surface area contributed by atoms with Gasteiger partial charge < -0.3 is 10.1 Å². The summed E-state index contributed by atoms with van der Waals surface area (Å²) in [6.45, 7) is 0.201. The highest BCUT2D eigenvalue weighted by atomic mass is 19.4. The second-order valence-electron chi connectivity index (χ2n) is 4.01. The summed E-state index contributed by atoms with van der Waals surface area (Å²) in [5.74, 6) is -1.14. The Balaban J connectivity index is 2.35. The molecule has 0 heterocycles. The molecule has 1 aromatic rings. The van der Waals surface area contributed by atoms with Crippen molar-refractivity contribution in [1.82, 2.24) is 5.32 Å². The van der Waals surface area contributed by atoms with Crippen LogP contribution in [0.4, 0.5) is 22.0 Å². The van der Waals surface area contributed by atoms with Crippen molar-refractivity contribution in [3.8, 4) is 0 Å². The van der Waals surface area contributed by atoms with E-state index in [9.17, 15) is 22.0 Å². The van der Waals surface area contributed by atoms with Gasteiger partial charge >= 0.3 is 6.18 Å². The Bertz CT molecular complexity index is 408. The van der Waals surface area contributed by atoms with Gasteiger partial charge in [0.05, 0.1) is 6.61 Å². The molecule has 0 saturated carbocycles. The minimum atomic E-state index is -4.36. The average Bonchev–Trinajstić information content (AvgIpc) is 2.30. The molecule has 1 rings (SSSR count). The summed E-state index contributed by atoms with van der Waals surface area (Å²) >= 11 is 0. The number of hydrogen-bond acceptors (Lipinski definition) is 2. The van der Waals surface area contributed by atoms with Gasteiger partial charge in [-0.15, -0.1) is 0 Å². The highest BCUT2D eigenvalue weighted by Crippen LogP contribution is 2.18. The fourth-order valence-corrected chi connectivity index (χ4v) is 1.49. The van der Waals surface area contributed by atoms with Gasteiger partial charge in [-0.05, 0) is 25.1 Å². The largest absolute Gasteiger partial charge is 0.411 e. The van der Waals surface area contributed by atoms with E-state index in [1.807, 2.05) is 0 Å². The van der Waals surface area contributed by atoms with Crippen molar-refractivity contribution in [1.29, 1.82) is 0 Å². The van der Waals surface area contributed by atoms with Gasteiger partial charge in [0.25, 0.3) is 0 Å². The van der Waals surface area contributed by atoms with Crippen molar-refractivity contribution < 1.29 is 26.7 Å². The van der Waals surface area contributed by atoms with Crippen molar-refractivity contribution in [2.24, 2.45) is 0 Å². The Morgan fingerprint density at radius 3 is 2.58 bits per heavy atom. The van der Waals surface area contributed by atoms with Crippen molar-refractivity contribution in [3.05, 3.63) is 35.4 Å². The molecule has 0 aliphatic rings. The van der Waals surface area contributed by atoms with Crippen LogP contribution in [0.25, 0.3) is 0 Å². The lowest BCUT2D eigenvalue weighted by Gasteiger charge is -2.15. The van der Waals surface area contributed by atoms with Gasteiger partial charge in [-0.25, -0.2) is 8.78 Å². The van der Waals surface area contributed by atoms with E-state index in [2.05, 4.69) is 10.1 Å². The number of rotatable bonds is 6. The molecule has 7 heteroatoms. The molecule has 0 radical (unpaired) electrons. The molecular weight excluding hydrogens is 269 g/mol. The Hall–Kier alpha value is -1.21. The lowest BCUT2D eigenvalue weighted by Crippen LogP contribution is -2.26. The van der Waals surface area contributed by atoms with E-state index in [0.29, 0.717) is 0 Å². The first-order chi connectivity index (χ1) is 8.79. The van der Waals surface area contributed by atoms with Crippen molar-refractivity contribution in [2.75, 3.05) is 19.8 Å². The molecule has 0 aliphatic carbocycles. The van der Waals surface area contributed by atoms with Crippen molar-refractivity contribution in [2.45, 2.75) is 19.1 Å². The molecule has 1 N–H and O–H groups in total. The van der Waals surface area contributed by atoms with Crippen LogP contribution in [0.1, 0.15) is 18.5 Å². The van der Waals surface area contributed by atoms with Crippen molar-refractivity contribution in [3.63, 3.8) is 0 Å². The second-order valence-corrected chi connectivity index (χ2v) is 4.01. The Morgan fingerprint density at radius 1 is 1.26 bits per heavy atom. The minimum absolute atomic E-state index is 0.104. The smallest absolute Gasteiger partial charge is 0.371 e. The number of benzene rings is 1. The van der Waals surface area contributed by atoms with Gasteiger partial charge in [0.15, 0.2) is 0 Å². The molecule has 0 bridgehead atoms. The van der Waals surface area contributed by atoms with Crippen LogP contribution in [0.15, 0.2) is 18.2 Å². The van der Waals surface area contributed by atoms with Gasteiger partial charge in [-0.1, -0.05) is 0 Å². The topological polar surface area (TPSA) is 21.3 Å². The lowest BCUT2D eigenvalue weighted by atomic mass is 10.1. The maximum atomic E-state index is 13.4. The zero-order valence-corrected chi connectivity index (χ0v) is 10.2. The molecule has 0 aliphatic heterocycles. The third-order valence-corrected chi connectivity index (χ3v) is 2.39. The number of halogens is 5. The molecule has 0 spiro atoms. The van der Waals surface area contributed by atoms with Crippen LogP contribution in [-0.4, -0.2) is 25.9 Å². The van der Waals surface area contributed by atoms with E-state index < -0.39 is 30.5 Å². The highest BCUT2D eigenvalue weighted by molar-refractivity contribution is 5.21. The lowest BCUT2D eigenvalue weighted by molar-refractivity contribution is -0.173. The van der Waals surface area contributed by atoms with E-state index in [-0.39, 0.29) is 18.7 Å². The summed E-state index contributed by atoms with van der Waals surface area (Å²) in [4.78, 5) is 0. The van der Waals surface area contributed by atoms with Crippen molar-refractivity contribution >= 4 is 0 Å².